The van der Waals surface area contributed by atoms with Crippen LogP contribution in [0.3, 0.4) is 0 Å². The van der Waals surface area contributed by atoms with Crippen LogP contribution in [0.25, 0.3) is 11.1 Å². The largest absolute Gasteiger partial charge is 1.00 e. The van der Waals surface area contributed by atoms with Gasteiger partial charge in [0.1, 0.15) is 20.3 Å². The standard InChI is InChI=1S/C13H14N.C7H8N2O.2HI/c1-11-4-3-5-13(10-11)12-6-8-14(2)9-7-12;1-9-5-3-2-4-7(9)6-8-10;;/h3-10H,1-2H3;2-6H,1H3;2*1H/q+1;;;/p-1. The quantitative estimate of drug-likeness (QED) is 0.113. The van der Waals surface area contributed by atoms with E-state index in [2.05, 4.69) is 60.9 Å². The summed E-state index contributed by atoms with van der Waals surface area (Å²) >= 11 is 0. The van der Waals surface area contributed by atoms with Crippen LogP contribution < -0.4 is 57.1 Å². The van der Waals surface area contributed by atoms with E-state index in [1.165, 1.54) is 22.9 Å². The van der Waals surface area contributed by atoms with Crippen molar-refractivity contribution < 1.29 is 62.3 Å². The van der Waals surface area contributed by atoms with Crippen molar-refractivity contribution in [2.75, 3.05) is 0 Å². The Morgan fingerprint density at radius 2 is 1.54 bits per heavy atom. The third-order valence-electron chi connectivity index (χ3n) is 3.61. The van der Waals surface area contributed by atoms with Gasteiger partial charge in [-0.25, -0.2) is 9.13 Å². The number of aryl methyl sites for hydroxylation is 3. The maximum Gasteiger partial charge on any atom is 0.226 e. The topological polar surface area (TPSA) is 40.4 Å². The van der Waals surface area contributed by atoms with E-state index in [0.29, 0.717) is 0 Å². The molecule has 0 saturated carbocycles. The summed E-state index contributed by atoms with van der Waals surface area (Å²) < 4.78 is 3.90. The fraction of sp³-hybridized carbons (Fsp3) is 0.150. The minimum Gasteiger partial charge on any atom is -1.00 e. The molecule has 0 aliphatic rings. The van der Waals surface area contributed by atoms with Gasteiger partial charge in [0.15, 0.2) is 18.6 Å². The molecule has 1 N–H and O–H groups in total. The third-order valence-corrected chi connectivity index (χ3v) is 3.61. The van der Waals surface area contributed by atoms with Gasteiger partial charge in [0.25, 0.3) is 0 Å². The van der Waals surface area contributed by atoms with Gasteiger partial charge >= 0.3 is 0 Å². The second kappa shape index (κ2) is 12.7. The Hall–Kier alpha value is -1.55. The molecule has 0 bridgehead atoms. The number of oxime groups is 1. The highest BCUT2D eigenvalue weighted by Crippen LogP contribution is 2.18. The van der Waals surface area contributed by atoms with Crippen molar-refractivity contribution in [3.8, 4) is 11.1 Å². The van der Waals surface area contributed by atoms with Gasteiger partial charge in [-0.05, 0) is 24.1 Å². The van der Waals surface area contributed by atoms with Crippen molar-refractivity contribution in [2.45, 2.75) is 6.92 Å². The molecule has 4 nitrogen and oxygen atoms in total. The van der Waals surface area contributed by atoms with Gasteiger partial charge < -0.3 is 53.2 Å². The maximum atomic E-state index is 8.20. The summed E-state index contributed by atoms with van der Waals surface area (Å²) in [5.74, 6) is 0. The van der Waals surface area contributed by atoms with E-state index in [0.717, 1.165) is 5.69 Å². The first-order chi connectivity index (χ1) is 11.6. The minimum atomic E-state index is 0. The normalized spacial score (nSPS) is 9.50. The number of halogens is 2. The molecule has 0 saturated heterocycles. The van der Waals surface area contributed by atoms with Crippen LogP contribution in [-0.4, -0.2) is 11.4 Å². The van der Waals surface area contributed by atoms with E-state index < -0.39 is 0 Å². The van der Waals surface area contributed by atoms with Crippen molar-refractivity contribution >= 4 is 6.21 Å². The van der Waals surface area contributed by atoms with E-state index in [1.54, 1.807) is 0 Å². The molecular formula is C20H23I2N3O. The lowest BCUT2D eigenvalue weighted by atomic mass is 10.1. The van der Waals surface area contributed by atoms with Crippen molar-refractivity contribution in [2.24, 2.45) is 19.3 Å². The average molecular weight is 575 g/mol. The van der Waals surface area contributed by atoms with Crippen molar-refractivity contribution in [1.29, 1.82) is 0 Å². The molecular weight excluding hydrogens is 552 g/mol. The van der Waals surface area contributed by atoms with Gasteiger partial charge in [-0.3, -0.25) is 0 Å². The molecule has 0 aliphatic carbocycles. The Morgan fingerprint density at radius 3 is 2.12 bits per heavy atom. The lowest BCUT2D eigenvalue weighted by Gasteiger charge is -2.00. The van der Waals surface area contributed by atoms with Crippen molar-refractivity contribution in [1.82, 2.24) is 0 Å². The fourth-order valence-electron chi connectivity index (χ4n) is 2.25. The van der Waals surface area contributed by atoms with Crippen LogP contribution in [0.2, 0.25) is 0 Å². The molecule has 2 aromatic heterocycles. The summed E-state index contributed by atoms with van der Waals surface area (Å²) in [4.78, 5) is 0. The summed E-state index contributed by atoms with van der Waals surface area (Å²) in [6.45, 7) is 2.12. The molecule has 3 aromatic rings. The summed E-state index contributed by atoms with van der Waals surface area (Å²) in [7, 11) is 3.91. The number of aromatic nitrogens is 2. The highest BCUT2D eigenvalue weighted by molar-refractivity contribution is 5.74. The molecule has 2 heterocycles. The fourth-order valence-corrected chi connectivity index (χ4v) is 2.25. The molecule has 138 valence electrons. The van der Waals surface area contributed by atoms with Crippen molar-refractivity contribution in [3.05, 3.63) is 84.4 Å². The summed E-state index contributed by atoms with van der Waals surface area (Å²) in [6, 6.07) is 18.5. The molecule has 0 amide bonds. The molecule has 0 aliphatic heterocycles. The zero-order valence-electron chi connectivity index (χ0n) is 15.1. The highest BCUT2D eigenvalue weighted by atomic mass is 127. The smallest absolute Gasteiger partial charge is 0.226 e. The Morgan fingerprint density at radius 1 is 0.846 bits per heavy atom. The molecule has 1 aromatic carbocycles. The van der Waals surface area contributed by atoms with Crippen LogP contribution >= 0.6 is 0 Å². The van der Waals surface area contributed by atoms with Crippen molar-refractivity contribution in [3.63, 3.8) is 0 Å². The van der Waals surface area contributed by atoms with Gasteiger partial charge in [0.2, 0.25) is 5.69 Å². The van der Waals surface area contributed by atoms with Crippen LogP contribution in [-0.2, 0) is 14.1 Å². The van der Waals surface area contributed by atoms with Gasteiger partial charge in [0, 0.05) is 24.3 Å². The lowest BCUT2D eigenvalue weighted by molar-refractivity contribution is -0.672. The molecule has 6 heteroatoms. The Balaban J connectivity index is 0.000000469. The number of hydrogen-bond donors (Lipinski definition) is 1. The molecule has 0 unspecified atom stereocenters. The molecule has 26 heavy (non-hydrogen) atoms. The Kier molecular flexibility index (Phi) is 12.0. The van der Waals surface area contributed by atoms with E-state index >= 15 is 0 Å². The predicted octanol–water partition coefficient (Wildman–Crippen LogP) is -3.19. The number of rotatable bonds is 2. The molecule has 0 fully saturated rings. The number of hydrogen-bond acceptors (Lipinski definition) is 2. The minimum absolute atomic E-state index is 0. The SMILES string of the molecule is C[n+]1ccccc1C=NO.Cc1cccc(-c2cc[n+](C)cc2)c1.[I-].[I-]. The number of benzene rings is 1. The lowest BCUT2D eigenvalue weighted by Crippen LogP contribution is -3.00. The van der Waals surface area contributed by atoms with Gasteiger partial charge in [-0.15, -0.1) is 0 Å². The first-order valence-electron chi connectivity index (χ1n) is 7.74. The predicted molar refractivity (Wildman–Crippen MR) is 94.8 cm³/mol. The summed E-state index contributed by atoms with van der Waals surface area (Å²) in [5, 5.41) is 11.1. The van der Waals surface area contributed by atoms with Crippen LogP contribution in [0.1, 0.15) is 11.3 Å². The summed E-state index contributed by atoms with van der Waals surface area (Å²) in [6.07, 6.45) is 7.41. The van der Waals surface area contributed by atoms with Gasteiger partial charge in [-0.2, -0.15) is 0 Å². The molecule has 3 rings (SSSR count). The monoisotopic (exact) mass is 575 g/mol. The maximum absolute atomic E-state index is 8.20. The number of nitrogens with zero attached hydrogens (tertiary/aromatic N) is 3. The van der Waals surface area contributed by atoms with E-state index in [4.69, 9.17) is 5.21 Å². The zero-order valence-corrected chi connectivity index (χ0v) is 19.4. The average Bonchev–Trinajstić information content (AvgIpc) is 2.58. The van der Waals surface area contributed by atoms with E-state index in [9.17, 15) is 0 Å². The number of pyridine rings is 2. The first-order valence-corrected chi connectivity index (χ1v) is 7.74. The van der Waals surface area contributed by atoms with E-state index in [1.807, 2.05) is 47.6 Å². The highest BCUT2D eigenvalue weighted by Gasteiger charge is 1.99. The van der Waals surface area contributed by atoms with Crippen LogP contribution in [0, 0.1) is 6.92 Å². The first kappa shape index (κ1) is 24.5. The Labute approximate surface area is 189 Å². The Bertz CT molecular complexity index is 821. The molecule has 0 spiro atoms. The second-order valence-electron chi connectivity index (χ2n) is 5.60. The van der Waals surface area contributed by atoms with Crippen LogP contribution in [0.15, 0.2) is 78.3 Å². The van der Waals surface area contributed by atoms with Crippen LogP contribution in [0.5, 0.6) is 0 Å². The van der Waals surface area contributed by atoms with Crippen LogP contribution in [0.4, 0.5) is 0 Å². The van der Waals surface area contributed by atoms with E-state index in [-0.39, 0.29) is 48.0 Å². The molecule has 0 atom stereocenters. The third kappa shape index (κ3) is 7.77. The molecule has 0 radical (unpaired) electrons. The zero-order chi connectivity index (χ0) is 17.4. The van der Waals surface area contributed by atoms with Gasteiger partial charge in [-0.1, -0.05) is 35.0 Å². The van der Waals surface area contributed by atoms with Gasteiger partial charge in [0.05, 0.1) is 0 Å². The second-order valence-corrected chi connectivity index (χ2v) is 5.60. The summed E-state index contributed by atoms with van der Waals surface area (Å²) in [5.41, 5.74) is 4.72.